The van der Waals surface area contributed by atoms with Gasteiger partial charge >= 0.3 is 0 Å². The van der Waals surface area contributed by atoms with Crippen LogP contribution in [0.2, 0.25) is 0 Å². The maximum Gasteiger partial charge on any atom is 0.210 e. The van der Waals surface area contributed by atoms with Crippen molar-refractivity contribution < 1.29 is 4.79 Å². The third-order valence-corrected chi connectivity index (χ3v) is 3.46. The van der Waals surface area contributed by atoms with Crippen LogP contribution in [0.5, 0.6) is 0 Å². The van der Waals surface area contributed by atoms with Crippen LogP contribution in [0.4, 0.5) is 0 Å². The molecule has 2 aliphatic rings. The zero-order valence-electron chi connectivity index (χ0n) is 9.72. The number of allylic oxidation sites excluding steroid dienone is 2. The van der Waals surface area contributed by atoms with E-state index in [4.69, 9.17) is 0 Å². The number of nitrogens with zero attached hydrogens (tertiary/aromatic N) is 3. The molecule has 1 aromatic rings. The Bertz CT molecular complexity index is 459. The predicted octanol–water partition coefficient (Wildman–Crippen LogP) is 1.11. The molecule has 0 unspecified atom stereocenters. The second-order valence-electron chi connectivity index (χ2n) is 4.70. The summed E-state index contributed by atoms with van der Waals surface area (Å²) in [6.45, 7) is 1.83. The number of aromatic nitrogens is 3. The number of Topliss-reactive ketones (excluding diaryl/α,β-unsaturated/α-hetero) is 1. The van der Waals surface area contributed by atoms with Gasteiger partial charge in [0.2, 0.25) is 5.78 Å². The van der Waals surface area contributed by atoms with Crippen LogP contribution in [-0.4, -0.2) is 33.9 Å². The van der Waals surface area contributed by atoms with Gasteiger partial charge in [0, 0.05) is 13.1 Å². The Labute approximate surface area is 99.9 Å². The molecule has 3 rings (SSSR count). The van der Waals surface area contributed by atoms with Crippen molar-refractivity contribution in [3.63, 3.8) is 0 Å². The zero-order valence-corrected chi connectivity index (χ0v) is 9.72. The average molecular weight is 232 g/mol. The minimum Gasteiger partial charge on any atom is -0.312 e. The summed E-state index contributed by atoms with van der Waals surface area (Å²) in [7, 11) is 0. The van der Waals surface area contributed by atoms with Crippen LogP contribution >= 0.6 is 0 Å². The van der Waals surface area contributed by atoms with Crippen molar-refractivity contribution in [3.8, 4) is 0 Å². The Morgan fingerprint density at radius 3 is 2.94 bits per heavy atom. The highest BCUT2D eigenvalue weighted by molar-refractivity contribution is 6.07. The molecule has 0 atom stereocenters. The molecule has 5 nitrogen and oxygen atoms in total. The first-order chi connectivity index (χ1) is 8.34. The zero-order chi connectivity index (χ0) is 11.7. The van der Waals surface area contributed by atoms with Crippen LogP contribution in [0.25, 0.3) is 0 Å². The number of nitrogens with one attached hydrogen (secondary N) is 1. The summed E-state index contributed by atoms with van der Waals surface area (Å²) in [5.74, 6) is 0.0585. The van der Waals surface area contributed by atoms with Gasteiger partial charge in [-0.25, -0.2) is 4.68 Å². The van der Waals surface area contributed by atoms with Crippen LogP contribution in [0.3, 0.4) is 0 Å². The fourth-order valence-corrected chi connectivity index (χ4v) is 2.23. The quantitative estimate of drug-likeness (QED) is 0.793. The van der Waals surface area contributed by atoms with E-state index in [1.54, 1.807) is 10.9 Å². The Morgan fingerprint density at radius 2 is 2.29 bits per heavy atom. The van der Waals surface area contributed by atoms with Crippen molar-refractivity contribution in [1.29, 1.82) is 0 Å². The molecule has 0 saturated carbocycles. The van der Waals surface area contributed by atoms with Crippen molar-refractivity contribution in [2.45, 2.75) is 31.7 Å². The molecule has 0 spiro atoms. The number of carbonyl (C=O) groups excluding carboxylic acids is 1. The number of hydrogen-bond acceptors (Lipinski definition) is 4. The summed E-state index contributed by atoms with van der Waals surface area (Å²) in [6.07, 6.45) is 8.03. The minimum absolute atomic E-state index is 0.0585. The molecule has 0 amide bonds. The highest BCUT2D eigenvalue weighted by Crippen LogP contribution is 2.21. The van der Waals surface area contributed by atoms with Crippen molar-refractivity contribution >= 4 is 5.78 Å². The summed E-state index contributed by atoms with van der Waals surface area (Å²) in [5.41, 5.74) is 1.40. The van der Waals surface area contributed by atoms with Gasteiger partial charge in [-0.15, -0.1) is 5.10 Å². The summed E-state index contributed by atoms with van der Waals surface area (Å²) >= 11 is 0. The van der Waals surface area contributed by atoms with Gasteiger partial charge in [-0.1, -0.05) is 11.3 Å². The molecule has 0 bridgehead atoms. The fraction of sp³-hybridized carbons (Fsp3) is 0.583. The first-order valence-corrected chi connectivity index (χ1v) is 6.21. The Kier molecular flexibility index (Phi) is 2.76. The van der Waals surface area contributed by atoms with E-state index in [0.717, 1.165) is 37.9 Å². The normalized spacial score (nSPS) is 20.8. The summed E-state index contributed by atoms with van der Waals surface area (Å²) in [5, 5.41) is 11.2. The largest absolute Gasteiger partial charge is 0.312 e. The van der Waals surface area contributed by atoms with Crippen molar-refractivity contribution in [2.24, 2.45) is 0 Å². The maximum absolute atomic E-state index is 12.1. The van der Waals surface area contributed by atoms with Crippen molar-refractivity contribution in [1.82, 2.24) is 20.3 Å². The second-order valence-corrected chi connectivity index (χ2v) is 4.70. The fourth-order valence-electron chi connectivity index (χ4n) is 2.23. The maximum atomic E-state index is 12.1. The summed E-state index contributed by atoms with van der Waals surface area (Å²) < 4.78 is 1.80. The van der Waals surface area contributed by atoms with Gasteiger partial charge in [-0.05, 0) is 31.3 Å². The molecule has 0 aromatic carbocycles. The Morgan fingerprint density at radius 1 is 1.41 bits per heavy atom. The Balaban J connectivity index is 1.76. The van der Waals surface area contributed by atoms with Gasteiger partial charge in [0.25, 0.3) is 0 Å². The number of ketones is 1. The molecule has 1 aromatic heterocycles. The highest BCUT2D eigenvalue weighted by atomic mass is 16.1. The van der Waals surface area contributed by atoms with E-state index in [-0.39, 0.29) is 5.78 Å². The molecular formula is C12H16N4O. The van der Waals surface area contributed by atoms with Crippen molar-refractivity contribution in [3.05, 3.63) is 23.5 Å². The first-order valence-electron chi connectivity index (χ1n) is 6.21. The molecule has 1 aliphatic carbocycles. The van der Waals surface area contributed by atoms with Crippen molar-refractivity contribution in [2.75, 3.05) is 13.1 Å². The molecule has 90 valence electrons. The predicted molar refractivity (Wildman–Crippen MR) is 62.8 cm³/mol. The number of carbonyl (C=O) groups is 1. The van der Waals surface area contributed by atoms with Gasteiger partial charge in [0.1, 0.15) is 0 Å². The second kappa shape index (κ2) is 4.41. The standard InChI is InChI=1S/C12H16N4O/c17-12(9-4-2-1-3-5-9)11-8-16(15-14-11)10-6-13-7-10/h4,8,10,13H,1-3,5-7H2. The SMILES string of the molecule is O=C(C1=CCCCC1)c1cn(C2CNC2)nn1. The Hall–Kier alpha value is -1.49. The van der Waals surface area contributed by atoms with Crippen LogP contribution < -0.4 is 5.32 Å². The lowest BCUT2D eigenvalue weighted by Crippen LogP contribution is -2.43. The van der Waals surface area contributed by atoms with Gasteiger partial charge in [-0.2, -0.15) is 0 Å². The number of hydrogen-bond donors (Lipinski definition) is 1. The molecule has 0 radical (unpaired) electrons. The van der Waals surface area contributed by atoms with E-state index >= 15 is 0 Å². The van der Waals surface area contributed by atoms with Crippen LogP contribution in [0.15, 0.2) is 17.8 Å². The molecule has 1 fully saturated rings. The van der Waals surface area contributed by atoms with Gasteiger partial charge < -0.3 is 5.32 Å². The van der Waals surface area contributed by atoms with Crippen LogP contribution in [0.1, 0.15) is 42.2 Å². The lowest BCUT2D eigenvalue weighted by atomic mass is 9.95. The molecular weight excluding hydrogens is 216 g/mol. The molecule has 5 heteroatoms. The third kappa shape index (κ3) is 2.02. The lowest BCUT2D eigenvalue weighted by molar-refractivity contribution is 0.102. The summed E-state index contributed by atoms with van der Waals surface area (Å²) in [4.78, 5) is 12.1. The number of rotatable bonds is 3. The molecule has 1 aliphatic heterocycles. The van der Waals surface area contributed by atoms with E-state index in [0.29, 0.717) is 11.7 Å². The molecule has 17 heavy (non-hydrogen) atoms. The topological polar surface area (TPSA) is 59.8 Å². The monoisotopic (exact) mass is 232 g/mol. The lowest BCUT2D eigenvalue weighted by Gasteiger charge is -2.26. The molecule has 1 saturated heterocycles. The molecule has 1 N–H and O–H groups in total. The van der Waals surface area contributed by atoms with E-state index in [2.05, 4.69) is 21.7 Å². The summed E-state index contributed by atoms with van der Waals surface area (Å²) in [6, 6.07) is 0.365. The highest BCUT2D eigenvalue weighted by Gasteiger charge is 2.23. The third-order valence-electron chi connectivity index (χ3n) is 3.46. The minimum atomic E-state index is 0.0585. The van der Waals surface area contributed by atoms with Gasteiger partial charge in [0.15, 0.2) is 5.69 Å². The van der Waals surface area contributed by atoms with Gasteiger partial charge in [-0.3, -0.25) is 4.79 Å². The first kappa shape index (κ1) is 10.7. The molecule has 2 heterocycles. The van der Waals surface area contributed by atoms with E-state index in [1.165, 1.54) is 6.42 Å². The average Bonchev–Trinajstić information content (AvgIpc) is 2.76. The smallest absolute Gasteiger partial charge is 0.210 e. The van der Waals surface area contributed by atoms with E-state index < -0.39 is 0 Å². The van der Waals surface area contributed by atoms with E-state index in [1.807, 2.05) is 0 Å². The van der Waals surface area contributed by atoms with Crippen LogP contribution in [0, 0.1) is 0 Å². The van der Waals surface area contributed by atoms with Crippen LogP contribution in [-0.2, 0) is 0 Å². The van der Waals surface area contributed by atoms with E-state index in [9.17, 15) is 4.79 Å². The van der Waals surface area contributed by atoms with Gasteiger partial charge in [0.05, 0.1) is 12.2 Å².